The minimum atomic E-state index is 0.707. The molecule has 1 heterocycles. The van der Waals surface area contributed by atoms with Gasteiger partial charge in [0.25, 0.3) is 0 Å². The predicted molar refractivity (Wildman–Crippen MR) is 63.7 cm³/mol. The molecule has 0 spiro atoms. The molecule has 0 bridgehead atoms. The molecule has 0 aliphatic carbocycles. The van der Waals surface area contributed by atoms with E-state index in [-0.39, 0.29) is 0 Å². The Balaban J connectivity index is 2.57. The molecule has 0 unspecified atom stereocenters. The molecular formula is C13H10N2. The molecule has 2 N–H and O–H groups in total. The van der Waals surface area contributed by atoms with Gasteiger partial charge in [-0.1, -0.05) is 30.3 Å². The summed E-state index contributed by atoms with van der Waals surface area (Å²) in [5.74, 6) is 0. The Kier molecular flexibility index (Phi) is 1.62. The van der Waals surface area contributed by atoms with E-state index >= 15 is 0 Å². The fraction of sp³-hybridized carbons (Fsp3) is 0. The highest BCUT2D eigenvalue weighted by Gasteiger charge is 2.00. The van der Waals surface area contributed by atoms with Crippen molar-refractivity contribution >= 4 is 27.4 Å². The van der Waals surface area contributed by atoms with Crippen LogP contribution in [0.25, 0.3) is 21.7 Å². The maximum Gasteiger partial charge on any atom is 0.0710 e. The molecule has 0 fully saturated rings. The van der Waals surface area contributed by atoms with E-state index in [0.717, 1.165) is 10.9 Å². The van der Waals surface area contributed by atoms with Gasteiger partial charge in [-0.05, 0) is 22.9 Å². The van der Waals surface area contributed by atoms with Crippen molar-refractivity contribution in [1.29, 1.82) is 0 Å². The summed E-state index contributed by atoms with van der Waals surface area (Å²) >= 11 is 0. The van der Waals surface area contributed by atoms with Crippen molar-refractivity contribution in [3.05, 3.63) is 48.7 Å². The lowest BCUT2D eigenvalue weighted by atomic mass is 10.1. The minimum absolute atomic E-state index is 0.707. The number of pyridine rings is 1. The second-order valence-electron chi connectivity index (χ2n) is 3.62. The Morgan fingerprint density at radius 1 is 0.933 bits per heavy atom. The Labute approximate surface area is 87.4 Å². The van der Waals surface area contributed by atoms with E-state index in [2.05, 4.69) is 23.2 Å². The van der Waals surface area contributed by atoms with Crippen LogP contribution in [0.15, 0.2) is 48.7 Å². The summed E-state index contributed by atoms with van der Waals surface area (Å²) < 4.78 is 0. The molecule has 3 rings (SSSR count). The monoisotopic (exact) mass is 194 g/mol. The Hall–Kier alpha value is -2.09. The lowest BCUT2D eigenvalue weighted by Crippen LogP contribution is -1.87. The number of anilines is 1. The van der Waals surface area contributed by atoms with Crippen molar-refractivity contribution in [2.45, 2.75) is 0 Å². The van der Waals surface area contributed by atoms with Gasteiger partial charge in [0, 0.05) is 5.39 Å². The number of rotatable bonds is 0. The van der Waals surface area contributed by atoms with Crippen molar-refractivity contribution < 1.29 is 0 Å². The van der Waals surface area contributed by atoms with Gasteiger partial charge in [0.2, 0.25) is 0 Å². The van der Waals surface area contributed by atoms with Gasteiger partial charge in [-0.3, -0.25) is 4.98 Å². The standard InChI is InChI=1S/C13H10N2/c14-10-7-12-11-4-2-1-3-9(11)5-6-13(12)15-8-10/h1-8H,14H2. The zero-order chi connectivity index (χ0) is 10.3. The molecule has 72 valence electrons. The van der Waals surface area contributed by atoms with E-state index in [0.29, 0.717) is 5.69 Å². The van der Waals surface area contributed by atoms with Crippen LogP contribution in [0.2, 0.25) is 0 Å². The highest BCUT2D eigenvalue weighted by Crippen LogP contribution is 2.24. The number of benzene rings is 2. The maximum atomic E-state index is 5.75. The van der Waals surface area contributed by atoms with Crippen LogP contribution < -0.4 is 5.73 Å². The molecule has 0 saturated carbocycles. The smallest absolute Gasteiger partial charge is 0.0710 e. The number of nitrogens with zero attached hydrogens (tertiary/aromatic N) is 1. The van der Waals surface area contributed by atoms with Crippen molar-refractivity contribution in [2.75, 3.05) is 5.73 Å². The lowest BCUT2D eigenvalue weighted by molar-refractivity contribution is 1.42. The first kappa shape index (κ1) is 8.24. The number of nitrogens with two attached hydrogens (primary N) is 1. The molecular weight excluding hydrogens is 184 g/mol. The molecule has 2 aromatic carbocycles. The molecule has 0 aliphatic rings. The number of nitrogen functional groups attached to an aromatic ring is 1. The average Bonchev–Trinajstić information content (AvgIpc) is 2.29. The quantitative estimate of drug-likeness (QED) is 0.559. The third-order valence-corrected chi connectivity index (χ3v) is 2.61. The summed E-state index contributed by atoms with van der Waals surface area (Å²) in [5, 5.41) is 3.54. The SMILES string of the molecule is Nc1cnc2ccc3ccccc3c2c1. The van der Waals surface area contributed by atoms with Crippen LogP contribution in [-0.2, 0) is 0 Å². The molecule has 1 aromatic heterocycles. The van der Waals surface area contributed by atoms with Crippen molar-refractivity contribution in [3.8, 4) is 0 Å². The van der Waals surface area contributed by atoms with Crippen molar-refractivity contribution in [2.24, 2.45) is 0 Å². The maximum absolute atomic E-state index is 5.75. The molecule has 15 heavy (non-hydrogen) atoms. The molecule has 0 radical (unpaired) electrons. The highest BCUT2D eigenvalue weighted by atomic mass is 14.7. The Morgan fingerprint density at radius 2 is 1.80 bits per heavy atom. The zero-order valence-corrected chi connectivity index (χ0v) is 8.14. The molecule has 0 amide bonds. The van der Waals surface area contributed by atoms with Gasteiger partial charge in [-0.15, -0.1) is 0 Å². The molecule has 3 aromatic rings. The topological polar surface area (TPSA) is 38.9 Å². The fourth-order valence-corrected chi connectivity index (χ4v) is 1.90. The van der Waals surface area contributed by atoms with E-state index in [1.165, 1.54) is 10.8 Å². The third kappa shape index (κ3) is 1.22. The summed E-state index contributed by atoms with van der Waals surface area (Å²) in [6.45, 7) is 0. The van der Waals surface area contributed by atoms with Gasteiger partial charge in [-0.25, -0.2) is 0 Å². The van der Waals surface area contributed by atoms with Gasteiger partial charge in [0.1, 0.15) is 0 Å². The first-order chi connectivity index (χ1) is 7.34. The molecule has 2 nitrogen and oxygen atoms in total. The minimum Gasteiger partial charge on any atom is -0.397 e. The van der Waals surface area contributed by atoms with Gasteiger partial charge >= 0.3 is 0 Å². The summed E-state index contributed by atoms with van der Waals surface area (Å²) in [6, 6.07) is 14.3. The van der Waals surface area contributed by atoms with E-state index in [1.54, 1.807) is 6.20 Å². The first-order valence-corrected chi connectivity index (χ1v) is 4.87. The lowest BCUT2D eigenvalue weighted by Gasteiger charge is -2.03. The number of hydrogen-bond donors (Lipinski definition) is 1. The van der Waals surface area contributed by atoms with Gasteiger partial charge in [0.05, 0.1) is 17.4 Å². The molecule has 2 heteroatoms. The number of aromatic nitrogens is 1. The van der Waals surface area contributed by atoms with Crippen LogP contribution >= 0.6 is 0 Å². The number of fused-ring (bicyclic) bond motifs is 3. The van der Waals surface area contributed by atoms with Crippen LogP contribution in [0.5, 0.6) is 0 Å². The van der Waals surface area contributed by atoms with Gasteiger partial charge in [-0.2, -0.15) is 0 Å². The largest absolute Gasteiger partial charge is 0.397 e. The van der Waals surface area contributed by atoms with Crippen LogP contribution in [0.4, 0.5) is 5.69 Å². The fourth-order valence-electron chi connectivity index (χ4n) is 1.90. The highest BCUT2D eigenvalue weighted by molar-refractivity contribution is 6.06. The van der Waals surface area contributed by atoms with E-state index in [9.17, 15) is 0 Å². The Morgan fingerprint density at radius 3 is 2.73 bits per heavy atom. The summed E-state index contributed by atoms with van der Waals surface area (Å²) in [5.41, 5.74) is 7.45. The van der Waals surface area contributed by atoms with Crippen molar-refractivity contribution in [3.63, 3.8) is 0 Å². The van der Waals surface area contributed by atoms with E-state index in [4.69, 9.17) is 5.73 Å². The van der Waals surface area contributed by atoms with Crippen LogP contribution in [-0.4, -0.2) is 4.98 Å². The average molecular weight is 194 g/mol. The van der Waals surface area contributed by atoms with Gasteiger partial charge < -0.3 is 5.73 Å². The molecule has 0 saturated heterocycles. The van der Waals surface area contributed by atoms with Crippen molar-refractivity contribution in [1.82, 2.24) is 4.98 Å². The summed E-state index contributed by atoms with van der Waals surface area (Å²) in [6.07, 6.45) is 1.69. The molecule has 0 aliphatic heterocycles. The summed E-state index contributed by atoms with van der Waals surface area (Å²) in [7, 11) is 0. The van der Waals surface area contributed by atoms with E-state index in [1.807, 2.05) is 24.3 Å². The van der Waals surface area contributed by atoms with Crippen LogP contribution in [0.3, 0.4) is 0 Å². The second-order valence-corrected chi connectivity index (χ2v) is 3.62. The van der Waals surface area contributed by atoms with Crippen LogP contribution in [0.1, 0.15) is 0 Å². The summed E-state index contributed by atoms with van der Waals surface area (Å²) in [4.78, 5) is 4.31. The normalized spacial score (nSPS) is 10.9. The Bertz CT molecular complexity index is 644. The third-order valence-electron chi connectivity index (χ3n) is 2.61. The first-order valence-electron chi connectivity index (χ1n) is 4.87. The van der Waals surface area contributed by atoms with E-state index < -0.39 is 0 Å². The van der Waals surface area contributed by atoms with Gasteiger partial charge in [0.15, 0.2) is 0 Å². The van der Waals surface area contributed by atoms with Crippen LogP contribution in [0, 0.1) is 0 Å². The molecule has 0 atom stereocenters. The second kappa shape index (κ2) is 2.95. The number of hydrogen-bond acceptors (Lipinski definition) is 2. The predicted octanol–water partition coefficient (Wildman–Crippen LogP) is 2.97. The zero-order valence-electron chi connectivity index (χ0n) is 8.14.